The van der Waals surface area contributed by atoms with Crippen molar-refractivity contribution < 1.29 is 27.8 Å². The average molecular weight is 377 g/mol. The van der Waals surface area contributed by atoms with Gasteiger partial charge in [-0.2, -0.15) is 0 Å². The standard InChI is InChI=1S/C20H21F2NO4/c1-12(2)26-11-14-4-6-15(7-5-14)20(25)27-13(3)19(24)23-16-8-9-17(21)18(22)10-16/h4-10,12-13H,11H2,1-3H3,(H,23,24)/t13-/m0/s1. The molecule has 0 unspecified atom stereocenters. The molecule has 2 rings (SSSR count). The zero-order valence-corrected chi connectivity index (χ0v) is 15.3. The fraction of sp³-hybridized carbons (Fsp3) is 0.300. The highest BCUT2D eigenvalue weighted by Gasteiger charge is 2.19. The number of carbonyl (C=O) groups is 2. The monoisotopic (exact) mass is 377 g/mol. The van der Waals surface area contributed by atoms with Gasteiger partial charge in [0.05, 0.1) is 18.3 Å². The summed E-state index contributed by atoms with van der Waals surface area (Å²) in [7, 11) is 0. The maximum atomic E-state index is 13.2. The van der Waals surface area contributed by atoms with Gasteiger partial charge in [0.15, 0.2) is 17.7 Å². The molecule has 5 nitrogen and oxygen atoms in total. The molecular weight excluding hydrogens is 356 g/mol. The Bertz CT molecular complexity index is 806. The largest absolute Gasteiger partial charge is 0.449 e. The Labute approximate surface area is 156 Å². The number of rotatable bonds is 7. The maximum Gasteiger partial charge on any atom is 0.338 e. The molecule has 0 aliphatic carbocycles. The van der Waals surface area contributed by atoms with E-state index in [4.69, 9.17) is 9.47 Å². The third-order valence-corrected chi connectivity index (χ3v) is 3.61. The molecule has 1 amide bonds. The Balaban J connectivity index is 1.91. The lowest BCUT2D eigenvalue weighted by Crippen LogP contribution is -2.30. The number of benzene rings is 2. The number of anilines is 1. The molecule has 0 aromatic heterocycles. The Hall–Kier alpha value is -2.80. The Morgan fingerprint density at radius 2 is 1.67 bits per heavy atom. The number of esters is 1. The fourth-order valence-corrected chi connectivity index (χ4v) is 2.10. The summed E-state index contributed by atoms with van der Waals surface area (Å²) in [4.78, 5) is 24.2. The van der Waals surface area contributed by atoms with Crippen molar-refractivity contribution in [1.29, 1.82) is 0 Å². The third kappa shape index (κ3) is 6.14. The predicted molar refractivity (Wildman–Crippen MR) is 96.2 cm³/mol. The SMILES string of the molecule is CC(C)OCc1ccc(C(=O)O[C@@H](C)C(=O)Nc2ccc(F)c(F)c2)cc1. The van der Waals surface area contributed by atoms with Crippen molar-refractivity contribution in [1.82, 2.24) is 0 Å². The highest BCUT2D eigenvalue weighted by Crippen LogP contribution is 2.14. The summed E-state index contributed by atoms with van der Waals surface area (Å²) in [5.41, 5.74) is 1.26. The van der Waals surface area contributed by atoms with E-state index in [2.05, 4.69) is 5.32 Å². The van der Waals surface area contributed by atoms with Crippen LogP contribution >= 0.6 is 0 Å². The van der Waals surface area contributed by atoms with Gasteiger partial charge in [-0.25, -0.2) is 13.6 Å². The van der Waals surface area contributed by atoms with Gasteiger partial charge in [-0.3, -0.25) is 4.79 Å². The molecule has 0 saturated carbocycles. The molecule has 2 aromatic carbocycles. The first-order valence-electron chi connectivity index (χ1n) is 8.43. The van der Waals surface area contributed by atoms with E-state index in [1.807, 2.05) is 13.8 Å². The van der Waals surface area contributed by atoms with Crippen LogP contribution in [-0.4, -0.2) is 24.1 Å². The number of hydrogen-bond donors (Lipinski definition) is 1. The van der Waals surface area contributed by atoms with Gasteiger partial charge in [0.25, 0.3) is 5.91 Å². The lowest BCUT2D eigenvalue weighted by Gasteiger charge is -2.14. The van der Waals surface area contributed by atoms with E-state index in [1.54, 1.807) is 24.3 Å². The van der Waals surface area contributed by atoms with E-state index in [0.717, 1.165) is 17.7 Å². The highest BCUT2D eigenvalue weighted by atomic mass is 19.2. The van der Waals surface area contributed by atoms with E-state index in [0.29, 0.717) is 6.61 Å². The molecule has 144 valence electrons. The van der Waals surface area contributed by atoms with Crippen LogP contribution in [0.25, 0.3) is 0 Å². The quantitative estimate of drug-likeness (QED) is 0.739. The first-order valence-corrected chi connectivity index (χ1v) is 8.43. The molecule has 0 saturated heterocycles. The molecule has 1 N–H and O–H groups in total. The molecule has 0 aliphatic heterocycles. The van der Waals surface area contributed by atoms with Crippen molar-refractivity contribution in [3.05, 3.63) is 65.2 Å². The summed E-state index contributed by atoms with van der Waals surface area (Å²) in [5, 5.41) is 2.36. The Morgan fingerprint density at radius 1 is 1.00 bits per heavy atom. The van der Waals surface area contributed by atoms with Crippen LogP contribution in [0.2, 0.25) is 0 Å². The molecule has 2 aromatic rings. The van der Waals surface area contributed by atoms with Gasteiger partial charge in [-0.05, 0) is 50.6 Å². The molecule has 27 heavy (non-hydrogen) atoms. The molecule has 0 heterocycles. The average Bonchev–Trinajstić information content (AvgIpc) is 2.63. The van der Waals surface area contributed by atoms with Crippen LogP contribution in [0, 0.1) is 11.6 Å². The number of nitrogens with one attached hydrogen (secondary N) is 1. The number of ether oxygens (including phenoxy) is 2. The highest BCUT2D eigenvalue weighted by molar-refractivity contribution is 5.97. The zero-order valence-electron chi connectivity index (χ0n) is 15.3. The molecule has 1 atom stereocenters. The molecule has 0 bridgehead atoms. The minimum atomic E-state index is -1.12. The summed E-state index contributed by atoms with van der Waals surface area (Å²) in [6, 6.07) is 9.60. The van der Waals surface area contributed by atoms with Gasteiger partial charge < -0.3 is 14.8 Å². The van der Waals surface area contributed by atoms with Crippen LogP contribution in [0.4, 0.5) is 14.5 Å². The minimum Gasteiger partial charge on any atom is -0.449 e. The minimum absolute atomic E-state index is 0.0660. The normalized spacial score (nSPS) is 11.9. The van der Waals surface area contributed by atoms with Crippen LogP contribution in [0.5, 0.6) is 0 Å². The third-order valence-electron chi connectivity index (χ3n) is 3.61. The van der Waals surface area contributed by atoms with Crippen LogP contribution in [0.3, 0.4) is 0 Å². The van der Waals surface area contributed by atoms with Crippen LogP contribution < -0.4 is 5.32 Å². The number of carbonyl (C=O) groups excluding carboxylic acids is 2. The van der Waals surface area contributed by atoms with E-state index >= 15 is 0 Å². The first kappa shape index (κ1) is 20.5. The Morgan fingerprint density at radius 3 is 2.26 bits per heavy atom. The van der Waals surface area contributed by atoms with Gasteiger partial charge in [-0.15, -0.1) is 0 Å². The van der Waals surface area contributed by atoms with Crippen molar-refractivity contribution in [2.75, 3.05) is 5.32 Å². The lowest BCUT2D eigenvalue weighted by molar-refractivity contribution is -0.123. The lowest BCUT2D eigenvalue weighted by atomic mass is 10.1. The van der Waals surface area contributed by atoms with Crippen LogP contribution in [0.1, 0.15) is 36.7 Å². The summed E-state index contributed by atoms with van der Waals surface area (Å²) in [6.07, 6.45) is -1.02. The van der Waals surface area contributed by atoms with Gasteiger partial charge in [0.2, 0.25) is 0 Å². The van der Waals surface area contributed by atoms with Crippen LogP contribution in [-0.2, 0) is 20.9 Å². The van der Waals surface area contributed by atoms with Crippen molar-refractivity contribution in [2.45, 2.75) is 39.6 Å². The van der Waals surface area contributed by atoms with Crippen molar-refractivity contribution in [2.24, 2.45) is 0 Å². The van der Waals surface area contributed by atoms with Crippen molar-refractivity contribution in [3.63, 3.8) is 0 Å². The molecule has 7 heteroatoms. The second-order valence-corrected chi connectivity index (χ2v) is 6.22. The molecular formula is C20H21F2NO4. The van der Waals surface area contributed by atoms with E-state index in [-0.39, 0.29) is 17.4 Å². The summed E-state index contributed by atoms with van der Waals surface area (Å²) >= 11 is 0. The van der Waals surface area contributed by atoms with Gasteiger partial charge >= 0.3 is 5.97 Å². The van der Waals surface area contributed by atoms with E-state index in [1.165, 1.54) is 13.0 Å². The summed E-state index contributed by atoms with van der Waals surface area (Å²) in [5.74, 6) is -3.43. The maximum absolute atomic E-state index is 13.2. The van der Waals surface area contributed by atoms with Gasteiger partial charge in [0.1, 0.15) is 0 Å². The second-order valence-electron chi connectivity index (χ2n) is 6.22. The summed E-state index contributed by atoms with van der Waals surface area (Å²) < 4.78 is 36.7. The van der Waals surface area contributed by atoms with E-state index in [9.17, 15) is 18.4 Å². The summed E-state index contributed by atoms with van der Waals surface area (Å²) in [6.45, 7) is 5.68. The van der Waals surface area contributed by atoms with Crippen molar-refractivity contribution in [3.8, 4) is 0 Å². The van der Waals surface area contributed by atoms with Gasteiger partial charge in [0, 0.05) is 11.8 Å². The second kappa shape index (κ2) is 9.23. The molecule has 0 aliphatic rings. The Kier molecular flexibility index (Phi) is 7.01. The van der Waals surface area contributed by atoms with Crippen molar-refractivity contribution >= 4 is 17.6 Å². The van der Waals surface area contributed by atoms with E-state index < -0.39 is 29.6 Å². The molecule has 0 spiro atoms. The molecule has 0 fully saturated rings. The zero-order chi connectivity index (χ0) is 20.0. The fourth-order valence-electron chi connectivity index (χ4n) is 2.10. The number of amides is 1. The van der Waals surface area contributed by atoms with Crippen LogP contribution in [0.15, 0.2) is 42.5 Å². The first-order chi connectivity index (χ1) is 12.8. The smallest absolute Gasteiger partial charge is 0.338 e. The number of hydrogen-bond acceptors (Lipinski definition) is 4. The molecule has 0 radical (unpaired) electrons. The number of halogens is 2. The van der Waals surface area contributed by atoms with Gasteiger partial charge in [-0.1, -0.05) is 12.1 Å². The topological polar surface area (TPSA) is 64.6 Å². The predicted octanol–water partition coefficient (Wildman–Crippen LogP) is 4.07.